The van der Waals surface area contributed by atoms with Gasteiger partial charge in [-0.3, -0.25) is 4.68 Å². The van der Waals surface area contributed by atoms with Gasteiger partial charge in [-0.1, -0.05) is 12.1 Å². The maximum atomic E-state index is 7.93. The summed E-state index contributed by atoms with van der Waals surface area (Å²) in [6.45, 7) is 15.1. The first-order valence-electron chi connectivity index (χ1n) is 11.2. The van der Waals surface area contributed by atoms with Gasteiger partial charge in [0.2, 0.25) is 0 Å². The van der Waals surface area contributed by atoms with Crippen molar-refractivity contribution in [1.29, 1.82) is 5.41 Å². The van der Waals surface area contributed by atoms with Gasteiger partial charge in [0.05, 0.1) is 11.9 Å². The molecular formula is C25H33N7. The smallest absolute Gasteiger partial charge is 0.178 e. The number of rotatable bonds is 7. The minimum absolute atomic E-state index is 0.234. The molecule has 0 aliphatic carbocycles. The maximum Gasteiger partial charge on any atom is 0.178 e. The van der Waals surface area contributed by atoms with E-state index < -0.39 is 0 Å². The monoisotopic (exact) mass is 431 g/mol. The molecule has 7 heteroatoms. The summed E-state index contributed by atoms with van der Waals surface area (Å²) in [4.78, 5) is 4.72. The number of benzene rings is 1. The minimum Gasteiger partial charge on any atom is -0.382 e. The molecule has 0 saturated carbocycles. The average Bonchev–Trinajstić information content (AvgIpc) is 3.06. The van der Waals surface area contributed by atoms with Crippen molar-refractivity contribution < 1.29 is 0 Å². The van der Waals surface area contributed by atoms with Crippen molar-refractivity contribution in [2.24, 2.45) is 0 Å². The van der Waals surface area contributed by atoms with Crippen LogP contribution in [0.3, 0.4) is 0 Å². The molecule has 1 aliphatic rings. The number of allylic oxidation sites excluding steroid dienone is 1. The second-order valence-electron chi connectivity index (χ2n) is 9.27. The van der Waals surface area contributed by atoms with Crippen LogP contribution in [0.5, 0.6) is 0 Å². The molecular weight excluding hydrogens is 398 g/mol. The van der Waals surface area contributed by atoms with Crippen LogP contribution in [0.2, 0.25) is 0 Å². The van der Waals surface area contributed by atoms with Crippen LogP contribution in [-0.2, 0) is 13.0 Å². The fraction of sp³-hybridized carbons (Fsp3) is 0.400. The van der Waals surface area contributed by atoms with Crippen LogP contribution >= 0.6 is 0 Å². The highest BCUT2D eigenvalue weighted by molar-refractivity contribution is 6.08. The molecule has 0 radical (unpaired) electrons. The summed E-state index contributed by atoms with van der Waals surface area (Å²) in [5, 5.41) is 15.9. The zero-order valence-corrected chi connectivity index (χ0v) is 19.7. The lowest BCUT2D eigenvalue weighted by molar-refractivity contribution is 0.489. The van der Waals surface area contributed by atoms with Gasteiger partial charge in [-0.05, 0) is 70.7 Å². The Morgan fingerprint density at radius 3 is 2.78 bits per heavy atom. The van der Waals surface area contributed by atoms with E-state index in [0.717, 1.165) is 47.9 Å². The summed E-state index contributed by atoms with van der Waals surface area (Å²) in [6, 6.07) is 6.71. The molecule has 1 aliphatic heterocycles. The second kappa shape index (κ2) is 8.30. The number of aromatic nitrogens is 5. The van der Waals surface area contributed by atoms with Gasteiger partial charge in [0.1, 0.15) is 11.5 Å². The zero-order chi connectivity index (χ0) is 23.0. The third-order valence-electron chi connectivity index (χ3n) is 5.95. The first-order valence-corrected chi connectivity index (χ1v) is 11.2. The van der Waals surface area contributed by atoms with E-state index in [4.69, 9.17) is 10.4 Å². The Labute approximate surface area is 190 Å². The van der Waals surface area contributed by atoms with Crippen molar-refractivity contribution >= 4 is 11.8 Å². The van der Waals surface area contributed by atoms with Crippen molar-refractivity contribution in [2.45, 2.75) is 65.6 Å². The lowest BCUT2D eigenvalue weighted by Gasteiger charge is -2.26. The van der Waals surface area contributed by atoms with Gasteiger partial charge >= 0.3 is 0 Å². The number of nitrogens with zero attached hydrogens (tertiary/aromatic N) is 5. The molecule has 0 bridgehead atoms. The molecule has 0 spiro atoms. The van der Waals surface area contributed by atoms with Crippen LogP contribution in [0.4, 0.5) is 0 Å². The summed E-state index contributed by atoms with van der Waals surface area (Å²) in [5.41, 5.74) is 5.17. The number of hydrogen-bond acceptors (Lipinski definition) is 4. The number of nitrogens with one attached hydrogen (secondary N) is 2. The standard InChI is InChI=1S/C25H33N7/c1-7-25(5,6)27-15-21(14-26)19-10-11-22-20(13-19)9-8-12-30-16-23(32(22)30)24-28-18(4)29-31(24)17(2)3/h7,10-11,13-17,26-27H,1,8-9,12H2,2-6H3/b21-15+,26-14?. The highest BCUT2D eigenvalue weighted by atomic mass is 15.5. The summed E-state index contributed by atoms with van der Waals surface area (Å²) < 4.78 is 6.53. The van der Waals surface area contributed by atoms with Crippen LogP contribution < -0.4 is 5.32 Å². The summed E-state index contributed by atoms with van der Waals surface area (Å²) in [7, 11) is 0. The van der Waals surface area contributed by atoms with E-state index in [2.05, 4.69) is 78.4 Å². The number of hydrogen-bond donors (Lipinski definition) is 2. The summed E-state index contributed by atoms with van der Waals surface area (Å²) in [5.74, 6) is 1.69. The Morgan fingerprint density at radius 1 is 1.31 bits per heavy atom. The number of aryl methyl sites for hydroxylation is 3. The number of fused-ring (bicyclic) bond motifs is 3. The summed E-state index contributed by atoms with van der Waals surface area (Å²) in [6.07, 6.45) is 9.41. The molecule has 0 fully saturated rings. The van der Waals surface area contributed by atoms with Crippen molar-refractivity contribution in [3.05, 3.63) is 60.2 Å². The van der Waals surface area contributed by atoms with Crippen molar-refractivity contribution in [2.75, 3.05) is 0 Å². The highest BCUT2D eigenvalue weighted by Crippen LogP contribution is 2.32. The Balaban J connectivity index is 1.75. The molecule has 32 heavy (non-hydrogen) atoms. The topological polar surface area (TPSA) is 76.5 Å². The van der Waals surface area contributed by atoms with Crippen LogP contribution in [0, 0.1) is 12.3 Å². The summed E-state index contributed by atoms with van der Waals surface area (Å²) >= 11 is 0. The van der Waals surface area contributed by atoms with Gasteiger partial charge in [0, 0.05) is 36.1 Å². The Hall–Kier alpha value is -3.35. The van der Waals surface area contributed by atoms with Crippen molar-refractivity contribution in [3.63, 3.8) is 0 Å². The van der Waals surface area contributed by atoms with Gasteiger partial charge in [-0.25, -0.2) is 14.3 Å². The Kier molecular flexibility index (Phi) is 5.67. The third kappa shape index (κ3) is 3.95. The van der Waals surface area contributed by atoms with E-state index in [0.29, 0.717) is 0 Å². The van der Waals surface area contributed by atoms with Crippen LogP contribution in [0.1, 0.15) is 57.1 Å². The highest BCUT2D eigenvalue weighted by Gasteiger charge is 2.25. The van der Waals surface area contributed by atoms with Gasteiger partial charge in [-0.15, -0.1) is 6.58 Å². The van der Waals surface area contributed by atoms with Gasteiger partial charge < -0.3 is 10.7 Å². The van der Waals surface area contributed by atoms with Crippen LogP contribution in [0.15, 0.2) is 43.3 Å². The Bertz CT molecular complexity index is 1180. The molecule has 4 rings (SSSR count). The molecule has 168 valence electrons. The molecule has 7 nitrogen and oxygen atoms in total. The quantitative estimate of drug-likeness (QED) is 0.412. The first-order chi connectivity index (χ1) is 15.2. The molecule has 2 aromatic heterocycles. The van der Waals surface area contributed by atoms with Crippen molar-refractivity contribution in [1.82, 2.24) is 29.4 Å². The van der Waals surface area contributed by atoms with E-state index in [1.165, 1.54) is 17.5 Å². The average molecular weight is 432 g/mol. The van der Waals surface area contributed by atoms with E-state index in [-0.39, 0.29) is 11.6 Å². The van der Waals surface area contributed by atoms with E-state index in [1.54, 1.807) is 0 Å². The normalized spacial score (nSPS) is 14.1. The van der Waals surface area contributed by atoms with Crippen LogP contribution in [0.25, 0.3) is 22.8 Å². The fourth-order valence-electron chi connectivity index (χ4n) is 4.02. The van der Waals surface area contributed by atoms with E-state index in [1.807, 2.05) is 23.9 Å². The molecule has 0 unspecified atom stereocenters. The molecule has 0 saturated heterocycles. The second-order valence-corrected chi connectivity index (χ2v) is 9.27. The lowest BCUT2D eigenvalue weighted by atomic mass is 9.99. The zero-order valence-electron chi connectivity index (χ0n) is 19.7. The van der Waals surface area contributed by atoms with Gasteiger partial charge in [0.25, 0.3) is 0 Å². The third-order valence-corrected chi connectivity index (χ3v) is 5.95. The first kappa shape index (κ1) is 21.9. The molecule has 1 aromatic carbocycles. The SMILES string of the molecule is C=CC(C)(C)N/C=C(\C=N)c1ccc2c(c1)CCCn1cc(-c3nc(C)nn3C(C)C)n1-2. The minimum atomic E-state index is -0.234. The molecule has 2 N–H and O–H groups in total. The maximum absolute atomic E-state index is 7.93. The van der Waals surface area contributed by atoms with E-state index >= 15 is 0 Å². The van der Waals surface area contributed by atoms with E-state index in [9.17, 15) is 0 Å². The molecule has 3 aromatic rings. The molecule has 0 amide bonds. The lowest BCUT2D eigenvalue weighted by Crippen LogP contribution is -2.32. The molecule has 3 heterocycles. The van der Waals surface area contributed by atoms with Crippen molar-refractivity contribution in [3.8, 4) is 17.2 Å². The van der Waals surface area contributed by atoms with Gasteiger partial charge in [-0.2, -0.15) is 5.10 Å². The predicted octanol–water partition coefficient (Wildman–Crippen LogP) is 4.92. The Morgan fingerprint density at radius 2 is 2.09 bits per heavy atom. The largest absolute Gasteiger partial charge is 0.382 e. The molecule has 0 atom stereocenters. The van der Waals surface area contributed by atoms with Gasteiger partial charge in [0.15, 0.2) is 5.82 Å². The fourth-order valence-corrected chi connectivity index (χ4v) is 4.02. The van der Waals surface area contributed by atoms with Crippen LogP contribution in [-0.4, -0.2) is 35.9 Å². The predicted molar refractivity (Wildman–Crippen MR) is 130 cm³/mol.